The van der Waals surface area contributed by atoms with E-state index in [-0.39, 0.29) is 17.6 Å². The Hall–Kier alpha value is -4.90. The van der Waals surface area contributed by atoms with Crippen molar-refractivity contribution >= 4 is 29.2 Å². The molecule has 0 saturated carbocycles. The molecule has 230 valence electrons. The van der Waals surface area contributed by atoms with Crippen LogP contribution in [0.4, 0.5) is 32.3 Å². The fraction of sp³-hybridized carbons (Fsp3) is 0.303. The second kappa shape index (κ2) is 13.2. The summed E-state index contributed by atoms with van der Waals surface area (Å²) in [5, 5.41) is 13.7. The first-order chi connectivity index (χ1) is 21.2. The van der Waals surface area contributed by atoms with E-state index in [0.717, 1.165) is 42.9 Å². The third kappa shape index (κ3) is 6.37. The van der Waals surface area contributed by atoms with Crippen molar-refractivity contribution in [2.45, 2.75) is 19.9 Å². The minimum atomic E-state index is -1.23. The number of aromatic nitrogens is 2. The van der Waals surface area contributed by atoms with Gasteiger partial charge >= 0.3 is 6.09 Å². The molecule has 1 aliphatic heterocycles. The number of nitrogens with one attached hydrogen (secondary N) is 1. The Labute approximate surface area is 256 Å². The van der Waals surface area contributed by atoms with Crippen LogP contribution in [0.3, 0.4) is 0 Å². The molecular weight excluding hydrogens is 563 g/mol. The lowest BCUT2D eigenvalue weighted by molar-refractivity contribution is 0.199. The number of likely N-dealkylation sites (N-methyl/N-ethyl adjacent to an activating group) is 1. The SMILES string of the molecule is COc1ccc(OC)c(C(c2c(C)cccc2C)N(C(=O)O)c2ccnc(Nc3ccc(N4CCN(C)CC4)c(F)c3)n2)c1. The molecule has 1 fully saturated rings. The van der Waals surface area contributed by atoms with Crippen molar-refractivity contribution in [3.63, 3.8) is 0 Å². The summed E-state index contributed by atoms with van der Waals surface area (Å²) in [4.78, 5) is 27.4. The number of hydrogen-bond donors (Lipinski definition) is 2. The van der Waals surface area contributed by atoms with Gasteiger partial charge in [-0.25, -0.2) is 19.1 Å². The van der Waals surface area contributed by atoms with Crippen LogP contribution in [0.2, 0.25) is 0 Å². The van der Waals surface area contributed by atoms with Crippen molar-refractivity contribution in [1.29, 1.82) is 0 Å². The maximum atomic E-state index is 15.2. The summed E-state index contributed by atoms with van der Waals surface area (Å²) in [6, 6.07) is 16.7. The lowest BCUT2D eigenvalue weighted by Gasteiger charge is -2.34. The zero-order chi connectivity index (χ0) is 31.4. The van der Waals surface area contributed by atoms with Gasteiger partial charge in [-0.2, -0.15) is 4.98 Å². The van der Waals surface area contributed by atoms with E-state index in [2.05, 4.69) is 27.2 Å². The van der Waals surface area contributed by atoms with E-state index in [1.165, 1.54) is 23.2 Å². The van der Waals surface area contributed by atoms with Crippen LogP contribution < -0.4 is 24.6 Å². The monoisotopic (exact) mass is 600 g/mol. The normalized spacial score (nSPS) is 14.2. The zero-order valence-electron chi connectivity index (χ0n) is 25.5. The third-order valence-electron chi connectivity index (χ3n) is 7.95. The second-order valence-electron chi connectivity index (χ2n) is 10.8. The van der Waals surface area contributed by atoms with Crippen LogP contribution in [0.1, 0.15) is 28.3 Å². The van der Waals surface area contributed by atoms with Crippen molar-refractivity contribution in [2.24, 2.45) is 0 Å². The minimum absolute atomic E-state index is 0.123. The molecule has 0 bridgehead atoms. The molecule has 2 heterocycles. The molecular formula is C33H37FN6O4. The van der Waals surface area contributed by atoms with Crippen LogP contribution >= 0.6 is 0 Å². The quantitative estimate of drug-likeness (QED) is 0.239. The van der Waals surface area contributed by atoms with Crippen LogP contribution in [0.15, 0.2) is 66.9 Å². The van der Waals surface area contributed by atoms with Crippen molar-refractivity contribution < 1.29 is 23.8 Å². The molecule has 0 spiro atoms. The van der Waals surface area contributed by atoms with E-state index < -0.39 is 12.1 Å². The summed E-state index contributed by atoms with van der Waals surface area (Å²) in [7, 11) is 5.15. The van der Waals surface area contributed by atoms with Gasteiger partial charge in [0.1, 0.15) is 23.1 Å². The van der Waals surface area contributed by atoms with Gasteiger partial charge in [0.15, 0.2) is 0 Å². The summed E-state index contributed by atoms with van der Waals surface area (Å²) in [6.45, 7) is 7.10. The standard InChI is InChI=1S/C33H37FN6O4/c1-21-7-6-8-22(2)30(21)31(25-20-24(43-4)10-12-28(25)44-5)40(33(41)42)29-13-14-35-32(37-29)36-23-9-11-27(26(34)19-23)39-17-15-38(3)16-18-39/h6-14,19-20,31H,15-18H2,1-5H3,(H,41,42)(H,35,36,37). The number of ether oxygens (including phenoxy) is 2. The van der Waals surface area contributed by atoms with E-state index in [0.29, 0.717) is 28.4 Å². The van der Waals surface area contributed by atoms with E-state index in [1.807, 2.05) is 36.9 Å². The summed E-state index contributed by atoms with van der Waals surface area (Å²) in [6.07, 6.45) is 0.245. The summed E-state index contributed by atoms with van der Waals surface area (Å²) < 4.78 is 26.4. The Morgan fingerprint density at radius 3 is 2.36 bits per heavy atom. The fourth-order valence-corrected chi connectivity index (χ4v) is 5.64. The van der Waals surface area contributed by atoms with Gasteiger partial charge in [-0.3, -0.25) is 0 Å². The molecule has 4 aromatic rings. The molecule has 1 aliphatic rings. The third-order valence-corrected chi connectivity index (χ3v) is 7.95. The zero-order valence-corrected chi connectivity index (χ0v) is 25.5. The summed E-state index contributed by atoms with van der Waals surface area (Å²) in [5.41, 5.74) is 4.15. The van der Waals surface area contributed by atoms with Gasteiger partial charge in [0.05, 0.1) is 25.9 Å². The molecule has 44 heavy (non-hydrogen) atoms. The van der Waals surface area contributed by atoms with Gasteiger partial charge in [0.2, 0.25) is 5.95 Å². The molecule has 1 atom stereocenters. The van der Waals surface area contributed by atoms with Crippen molar-refractivity contribution in [1.82, 2.24) is 14.9 Å². The molecule has 1 amide bonds. The first-order valence-electron chi connectivity index (χ1n) is 14.3. The number of rotatable bonds is 9. The highest BCUT2D eigenvalue weighted by atomic mass is 19.1. The van der Waals surface area contributed by atoms with Crippen LogP contribution in [0.25, 0.3) is 0 Å². The van der Waals surface area contributed by atoms with E-state index in [4.69, 9.17) is 9.47 Å². The lowest BCUT2D eigenvalue weighted by Crippen LogP contribution is -2.44. The van der Waals surface area contributed by atoms with E-state index >= 15 is 4.39 Å². The number of halogens is 1. The fourth-order valence-electron chi connectivity index (χ4n) is 5.64. The number of benzene rings is 3. The number of aryl methyl sites for hydroxylation is 2. The number of hydrogen-bond acceptors (Lipinski definition) is 8. The van der Waals surface area contributed by atoms with Gasteiger partial charge < -0.3 is 29.7 Å². The van der Waals surface area contributed by atoms with Crippen LogP contribution in [-0.2, 0) is 0 Å². The Morgan fingerprint density at radius 1 is 1.00 bits per heavy atom. The highest BCUT2D eigenvalue weighted by Crippen LogP contribution is 2.41. The van der Waals surface area contributed by atoms with Crippen molar-refractivity contribution in [3.05, 3.63) is 94.9 Å². The number of anilines is 4. The van der Waals surface area contributed by atoms with Gasteiger partial charge in [0.25, 0.3) is 0 Å². The Morgan fingerprint density at radius 2 is 1.73 bits per heavy atom. The number of methoxy groups -OCH3 is 2. The van der Waals surface area contributed by atoms with Gasteiger partial charge in [-0.1, -0.05) is 18.2 Å². The molecule has 1 aromatic heterocycles. The Bertz CT molecular complexity index is 1620. The van der Waals surface area contributed by atoms with Crippen molar-refractivity contribution in [3.8, 4) is 11.5 Å². The number of piperazine rings is 1. The van der Waals surface area contributed by atoms with Gasteiger partial charge in [0, 0.05) is 43.6 Å². The lowest BCUT2D eigenvalue weighted by atomic mass is 9.89. The molecule has 10 nitrogen and oxygen atoms in total. The highest BCUT2D eigenvalue weighted by Gasteiger charge is 2.34. The Kier molecular flexibility index (Phi) is 9.15. The molecule has 11 heteroatoms. The largest absolute Gasteiger partial charge is 0.497 e. The smallest absolute Gasteiger partial charge is 0.413 e. The molecule has 1 unspecified atom stereocenters. The average molecular weight is 601 g/mol. The number of carboxylic acid groups (broad SMARTS) is 1. The van der Waals surface area contributed by atoms with Crippen molar-refractivity contribution in [2.75, 3.05) is 62.6 Å². The van der Waals surface area contributed by atoms with Gasteiger partial charge in [-0.15, -0.1) is 0 Å². The molecule has 3 aromatic carbocycles. The highest BCUT2D eigenvalue weighted by molar-refractivity contribution is 5.87. The van der Waals surface area contributed by atoms with E-state index in [1.54, 1.807) is 44.6 Å². The number of amides is 1. The topological polar surface area (TPSA) is 103 Å². The summed E-state index contributed by atoms with van der Waals surface area (Å²) in [5.74, 6) is 0.936. The van der Waals surface area contributed by atoms with Crippen LogP contribution in [-0.4, -0.2) is 73.5 Å². The van der Waals surface area contributed by atoms with E-state index in [9.17, 15) is 9.90 Å². The first kappa shape index (κ1) is 30.6. The average Bonchev–Trinajstić information content (AvgIpc) is 3.01. The summed E-state index contributed by atoms with van der Waals surface area (Å²) >= 11 is 0. The number of nitrogens with zero attached hydrogens (tertiary/aromatic N) is 5. The maximum absolute atomic E-state index is 15.2. The molecule has 2 N–H and O–H groups in total. The first-order valence-corrected chi connectivity index (χ1v) is 14.3. The van der Waals surface area contributed by atoms with Crippen LogP contribution in [0.5, 0.6) is 11.5 Å². The molecule has 5 rings (SSSR count). The van der Waals surface area contributed by atoms with Gasteiger partial charge in [-0.05, 0) is 80.1 Å². The predicted molar refractivity (Wildman–Crippen MR) is 169 cm³/mol. The number of carbonyl (C=O) groups is 1. The molecule has 0 radical (unpaired) electrons. The second-order valence-corrected chi connectivity index (χ2v) is 10.8. The Balaban J connectivity index is 1.54. The maximum Gasteiger partial charge on any atom is 0.413 e. The van der Waals surface area contributed by atoms with Crippen LogP contribution in [0, 0.1) is 19.7 Å². The molecule has 0 aliphatic carbocycles. The predicted octanol–water partition coefficient (Wildman–Crippen LogP) is 6.02. The minimum Gasteiger partial charge on any atom is -0.497 e. The molecule has 1 saturated heterocycles.